The van der Waals surface area contributed by atoms with Gasteiger partial charge in [0.25, 0.3) is 0 Å². The first-order valence-corrected chi connectivity index (χ1v) is 9.81. The molecule has 7 nitrogen and oxygen atoms in total. The fourth-order valence-corrected chi connectivity index (χ4v) is 4.24. The van der Waals surface area contributed by atoms with Gasteiger partial charge in [-0.3, -0.25) is 9.67 Å². The molecule has 0 saturated carbocycles. The number of alkyl halides is 3. The summed E-state index contributed by atoms with van der Waals surface area (Å²) in [5, 5.41) is 17.5. The second-order valence-corrected chi connectivity index (χ2v) is 7.86. The van der Waals surface area contributed by atoms with E-state index in [2.05, 4.69) is 25.4 Å². The molecule has 0 N–H and O–H groups in total. The van der Waals surface area contributed by atoms with Crippen molar-refractivity contribution in [2.24, 2.45) is 7.05 Å². The summed E-state index contributed by atoms with van der Waals surface area (Å²) in [6, 6.07) is 9.74. The summed E-state index contributed by atoms with van der Waals surface area (Å²) in [6.07, 6.45) is -1.52. The molecule has 4 aromatic heterocycles. The summed E-state index contributed by atoms with van der Waals surface area (Å²) in [4.78, 5) is 4.74. The highest BCUT2D eigenvalue weighted by atomic mass is 32.1. The van der Waals surface area contributed by atoms with Crippen LogP contribution in [0.4, 0.5) is 13.2 Å². The van der Waals surface area contributed by atoms with E-state index in [4.69, 9.17) is 0 Å². The number of hydrogen-bond donors (Lipinski definition) is 0. The minimum atomic E-state index is -4.57. The van der Waals surface area contributed by atoms with Gasteiger partial charge in [0.15, 0.2) is 16.5 Å². The highest BCUT2D eigenvalue weighted by Gasteiger charge is 2.38. The Morgan fingerprint density at radius 2 is 1.93 bits per heavy atom. The average molecular weight is 429 g/mol. The Labute approximate surface area is 171 Å². The lowest BCUT2D eigenvalue weighted by atomic mass is 9.99. The number of nitrogens with zero attached hydrogens (tertiary/aromatic N) is 7. The van der Waals surface area contributed by atoms with Crippen LogP contribution in [0, 0.1) is 0 Å². The van der Waals surface area contributed by atoms with Crippen molar-refractivity contribution in [1.29, 1.82) is 0 Å². The van der Waals surface area contributed by atoms with Gasteiger partial charge >= 0.3 is 6.18 Å². The fraction of sp³-hybridized carbons (Fsp3) is 0.211. The maximum absolute atomic E-state index is 13.3. The van der Waals surface area contributed by atoms with Crippen LogP contribution in [0.2, 0.25) is 0 Å². The minimum Gasteiger partial charge on any atom is -0.274 e. The fourth-order valence-electron chi connectivity index (χ4n) is 3.38. The molecule has 0 aliphatic rings. The van der Waals surface area contributed by atoms with Gasteiger partial charge in [-0.05, 0) is 23.8 Å². The van der Waals surface area contributed by atoms with Crippen molar-refractivity contribution < 1.29 is 13.2 Å². The Balaban J connectivity index is 1.58. The zero-order chi connectivity index (χ0) is 21.0. The number of halogens is 3. The van der Waals surface area contributed by atoms with E-state index in [0.717, 1.165) is 32.5 Å². The van der Waals surface area contributed by atoms with Gasteiger partial charge in [-0.1, -0.05) is 30.4 Å². The van der Waals surface area contributed by atoms with E-state index in [1.54, 1.807) is 6.20 Å². The van der Waals surface area contributed by atoms with Crippen molar-refractivity contribution in [3.05, 3.63) is 59.8 Å². The van der Waals surface area contributed by atoms with E-state index in [9.17, 15) is 13.2 Å². The topological polar surface area (TPSA) is 73.8 Å². The molecule has 0 amide bonds. The molecule has 0 bridgehead atoms. The van der Waals surface area contributed by atoms with Crippen LogP contribution < -0.4 is 0 Å². The Bertz CT molecular complexity index is 1380. The first-order valence-electron chi connectivity index (χ1n) is 8.99. The largest absolute Gasteiger partial charge is 0.435 e. The Kier molecular flexibility index (Phi) is 4.10. The molecule has 152 valence electrons. The highest BCUT2D eigenvalue weighted by Crippen LogP contribution is 2.38. The van der Waals surface area contributed by atoms with E-state index in [0.29, 0.717) is 10.8 Å². The molecular formula is C19H14F3N7S. The second-order valence-electron chi connectivity index (χ2n) is 6.90. The number of benzene rings is 1. The summed E-state index contributed by atoms with van der Waals surface area (Å²) in [5.74, 6) is 0.378. The predicted octanol–water partition coefficient (Wildman–Crippen LogP) is 4.31. The van der Waals surface area contributed by atoms with Gasteiger partial charge in [0, 0.05) is 30.7 Å². The number of fused-ring (bicyclic) bond motifs is 2. The molecule has 1 aromatic carbocycles. The maximum Gasteiger partial charge on any atom is 0.435 e. The molecule has 5 aromatic rings. The summed E-state index contributed by atoms with van der Waals surface area (Å²) < 4.78 is 42.7. The number of aromatic nitrogens is 7. The molecule has 0 unspecified atom stereocenters. The second kappa shape index (κ2) is 6.59. The zero-order valence-corrected chi connectivity index (χ0v) is 16.6. The summed E-state index contributed by atoms with van der Waals surface area (Å²) in [5.41, 5.74) is 0.825. The van der Waals surface area contributed by atoms with Crippen LogP contribution >= 0.6 is 11.3 Å². The Morgan fingerprint density at radius 1 is 1.10 bits per heavy atom. The minimum absolute atomic E-state index is 0.0733. The molecule has 5 rings (SSSR count). The lowest BCUT2D eigenvalue weighted by Crippen LogP contribution is -2.08. The lowest BCUT2D eigenvalue weighted by molar-refractivity contribution is -0.140. The van der Waals surface area contributed by atoms with Crippen LogP contribution in [0.15, 0.2) is 42.7 Å². The molecule has 11 heteroatoms. The Hall–Kier alpha value is -3.34. The van der Waals surface area contributed by atoms with Crippen LogP contribution in [-0.2, 0) is 13.2 Å². The normalized spacial score (nSPS) is 13.4. The highest BCUT2D eigenvalue weighted by molar-refractivity contribution is 7.19. The first-order chi connectivity index (χ1) is 14.3. The van der Waals surface area contributed by atoms with Gasteiger partial charge in [-0.2, -0.15) is 27.9 Å². The smallest absolute Gasteiger partial charge is 0.274 e. The lowest BCUT2D eigenvalue weighted by Gasteiger charge is -2.10. The van der Waals surface area contributed by atoms with Crippen molar-refractivity contribution in [2.45, 2.75) is 19.0 Å². The van der Waals surface area contributed by atoms with E-state index >= 15 is 0 Å². The predicted molar refractivity (Wildman–Crippen MR) is 105 cm³/mol. The van der Waals surface area contributed by atoms with Gasteiger partial charge < -0.3 is 0 Å². The van der Waals surface area contributed by atoms with Crippen LogP contribution in [0.3, 0.4) is 0 Å². The molecule has 0 fully saturated rings. The maximum atomic E-state index is 13.3. The molecule has 4 heterocycles. The van der Waals surface area contributed by atoms with Gasteiger partial charge in [0.1, 0.15) is 0 Å². The van der Waals surface area contributed by atoms with Crippen molar-refractivity contribution in [1.82, 2.24) is 34.6 Å². The van der Waals surface area contributed by atoms with Crippen molar-refractivity contribution in [3.63, 3.8) is 0 Å². The summed E-state index contributed by atoms with van der Waals surface area (Å²) in [7, 11) is 1.45. The van der Waals surface area contributed by atoms with Crippen LogP contribution in [0.5, 0.6) is 0 Å². The molecule has 1 atom stereocenters. The summed E-state index contributed by atoms with van der Waals surface area (Å²) >= 11 is 1.04. The number of hydrogen-bond acceptors (Lipinski definition) is 6. The molecular weight excluding hydrogens is 415 g/mol. The van der Waals surface area contributed by atoms with Crippen LogP contribution in [0.1, 0.15) is 29.9 Å². The average Bonchev–Trinajstić information content (AvgIpc) is 3.40. The molecule has 0 aliphatic heterocycles. The third-order valence-corrected chi connectivity index (χ3v) is 5.79. The van der Waals surface area contributed by atoms with E-state index < -0.39 is 11.9 Å². The monoisotopic (exact) mass is 429 g/mol. The Morgan fingerprint density at radius 3 is 2.73 bits per heavy atom. The standard InChI is InChI=1S/C19H14F3N7S/c1-10(11-5-6-14-12(8-11)4-3-7-23-14)16-24-25-18-29(16)27-17(30-18)13-9-28(2)26-15(13)19(20,21)22/h3-10H,1-2H3/t10-/m1/s1. The van der Waals surface area contributed by atoms with E-state index in [1.807, 2.05) is 37.3 Å². The van der Waals surface area contributed by atoms with Crippen LogP contribution in [0.25, 0.3) is 26.4 Å². The number of pyridine rings is 1. The molecule has 0 spiro atoms. The third kappa shape index (κ3) is 3.02. The van der Waals surface area contributed by atoms with Crippen molar-refractivity contribution >= 4 is 27.2 Å². The summed E-state index contributed by atoms with van der Waals surface area (Å²) in [6.45, 7) is 1.96. The van der Waals surface area contributed by atoms with Gasteiger partial charge in [-0.25, -0.2) is 0 Å². The van der Waals surface area contributed by atoms with Gasteiger partial charge in [0.05, 0.1) is 11.1 Å². The van der Waals surface area contributed by atoms with Crippen LogP contribution in [-0.4, -0.2) is 34.6 Å². The quantitative estimate of drug-likeness (QED) is 0.427. The molecule has 0 saturated heterocycles. The van der Waals surface area contributed by atoms with E-state index in [-0.39, 0.29) is 16.5 Å². The SMILES string of the molecule is C[C@H](c1ccc2ncccc2c1)c1nnc2sc(-c3cn(C)nc3C(F)(F)F)nn12. The van der Waals surface area contributed by atoms with Gasteiger partial charge in [0.2, 0.25) is 4.96 Å². The molecule has 0 aliphatic carbocycles. The first kappa shape index (κ1) is 18.7. The number of rotatable bonds is 3. The molecule has 0 radical (unpaired) electrons. The van der Waals surface area contributed by atoms with E-state index in [1.165, 1.54) is 17.8 Å². The number of aryl methyl sites for hydroxylation is 1. The van der Waals surface area contributed by atoms with Crippen molar-refractivity contribution in [3.8, 4) is 10.6 Å². The zero-order valence-electron chi connectivity index (χ0n) is 15.8. The molecule has 30 heavy (non-hydrogen) atoms. The van der Waals surface area contributed by atoms with Gasteiger partial charge in [-0.15, -0.1) is 10.2 Å². The van der Waals surface area contributed by atoms with Crippen molar-refractivity contribution in [2.75, 3.05) is 0 Å². The third-order valence-electron chi connectivity index (χ3n) is 4.86.